The fraction of sp³-hybridized carbons (Fsp3) is 0.692. The summed E-state index contributed by atoms with van der Waals surface area (Å²) in [6.45, 7) is 4.06. The van der Waals surface area contributed by atoms with Crippen molar-refractivity contribution in [3.8, 4) is 0 Å². The van der Waals surface area contributed by atoms with E-state index in [1.807, 2.05) is 19.9 Å². The molecule has 1 heterocycles. The maximum Gasteiger partial charge on any atom is 0.187 e. The molecule has 1 saturated carbocycles. The quantitative estimate of drug-likeness (QED) is 0.512. The van der Waals surface area contributed by atoms with Crippen LogP contribution in [0.1, 0.15) is 37.1 Å². The van der Waals surface area contributed by atoms with E-state index >= 15 is 0 Å². The van der Waals surface area contributed by atoms with Crippen LogP contribution >= 0.6 is 24.4 Å². The first-order valence-electron chi connectivity index (χ1n) is 6.20. The van der Waals surface area contributed by atoms with Gasteiger partial charge in [0.2, 0.25) is 0 Å². The zero-order chi connectivity index (χ0) is 12.3. The molecular formula is C13H20N2S2. The molecule has 0 N–H and O–H groups in total. The number of aryl methyl sites for hydroxylation is 2. The second kappa shape index (κ2) is 5.61. The Hall–Kier alpha value is -0.220. The molecule has 1 aromatic rings. The highest BCUT2D eigenvalue weighted by molar-refractivity contribution is 7.99. The number of hydrogen-bond donors (Lipinski definition) is 1. The first kappa shape index (κ1) is 13.2. The zero-order valence-electron chi connectivity index (χ0n) is 10.6. The van der Waals surface area contributed by atoms with Crippen molar-refractivity contribution >= 4 is 24.4 Å². The van der Waals surface area contributed by atoms with Crippen molar-refractivity contribution in [3.63, 3.8) is 0 Å². The average Bonchev–Trinajstić information content (AvgIpc) is 2.74. The largest absolute Gasteiger partial charge is 0.228 e. The second-order valence-corrected chi connectivity index (χ2v) is 6.35. The van der Waals surface area contributed by atoms with Crippen molar-refractivity contribution in [2.75, 3.05) is 11.5 Å². The fourth-order valence-corrected chi connectivity index (χ4v) is 4.27. The third-order valence-electron chi connectivity index (χ3n) is 3.47. The van der Waals surface area contributed by atoms with Crippen LogP contribution in [0.5, 0.6) is 0 Å². The van der Waals surface area contributed by atoms with Crippen LogP contribution in [0.15, 0.2) is 11.2 Å². The minimum Gasteiger partial charge on any atom is -0.228 e. The van der Waals surface area contributed by atoms with Gasteiger partial charge in [-0.05, 0) is 43.9 Å². The van der Waals surface area contributed by atoms with Gasteiger partial charge in [0.15, 0.2) is 5.16 Å². The molecule has 0 spiro atoms. The van der Waals surface area contributed by atoms with Crippen LogP contribution in [0, 0.1) is 19.3 Å². The zero-order valence-corrected chi connectivity index (χ0v) is 12.3. The van der Waals surface area contributed by atoms with E-state index in [9.17, 15) is 0 Å². The summed E-state index contributed by atoms with van der Waals surface area (Å²) in [5.41, 5.74) is 2.55. The number of hydrogen-bond acceptors (Lipinski definition) is 4. The molecule has 0 aliphatic heterocycles. The lowest BCUT2D eigenvalue weighted by molar-refractivity contribution is 0.403. The molecule has 0 aromatic carbocycles. The lowest BCUT2D eigenvalue weighted by Gasteiger charge is -2.25. The molecule has 0 unspecified atom stereocenters. The first-order valence-corrected chi connectivity index (χ1v) is 7.81. The standard InChI is InChI=1S/C13H20N2S2/c1-10-7-11(2)15-12(14-10)17-9-13(8-16)5-3-4-6-13/h7,16H,3-6,8-9H2,1-2H3. The number of thioether (sulfide) groups is 1. The van der Waals surface area contributed by atoms with E-state index in [0.29, 0.717) is 5.41 Å². The van der Waals surface area contributed by atoms with E-state index < -0.39 is 0 Å². The molecule has 0 bridgehead atoms. The molecule has 4 heteroatoms. The minimum atomic E-state index is 0.425. The molecule has 1 fully saturated rings. The first-order chi connectivity index (χ1) is 8.13. The Kier molecular flexibility index (Phi) is 4.36. The number of aromatic nitrogens is 2. The van der Waals surface area contributed by atoms with Gasteiger partial charge in [-0.3, -0.25) is 0 Å². The lowest BCUT2D eigenvalue weighted by Crippen LogP contribution is -2.21. The molecule has 94 valence electrons. The maximum atomic E-state index is 4.53. The van der Waals surface area contributed by atoms with Crippen molar-refractivity contribution < 1.29 is 0 Å². The Morgan fingerprint density at radius 1 is 1.24 bits per heavy atom. The molecule has 2 nitrogen and oxygen atoms in total. The van der Waals surface area contributed by atoms with Crippen LogP contribution < -0.4 is 0 Å². The summed E-state index contributed by atoms with van der Waals surface area (Å²) in [5.74, 6) is 2.10. The molecule has 0 amide bonds. The van der Waals surface area contributed by atoms with Gasteiger partial charge in [-0.15, -0.1) is 0 Å². The van der Waals surface area contributed by atoms with Gasteiger partial charge in [0.05, 0.1) is 0 Å². The summed E-state index contributed by atoms with van der Waals surface area (Å²) >= 11 is 6.33. The van der Waals surface area contributed by atoms with E-state index in [-0.39, 0.29) is 0 Å². The second-order valence-electron chi connectivity index (χ2n) is 5.09. The van der Waals surface area contributed by atoms with Crippen LogP contribution in [0.3, 0.4) is 0 Å². The lowest BCUT2D eigenvalue weighted by atomic mass is 9.91. The van der Waals surface area contributed by atoms with E-state index in [0.717, 1.165) is 28.0 Å². The molecular weight excluding hydrogens is 248 g/mol. The Labute approximate surface area is 113 Å². The topological polar surface area (TPSA) is 25.8 Å². The summed E-state index contributed by atoms with van der Waals surface area (Å²) in [5, 5.41) is 0.926. The molecule has 0 radical (unpaired) electrons. The van der Waals surface area contributed by atoms with Crippen molar-refractivity contribution in [1.82, 2.24) is 9.97 Å². The highest BCUT2D eigenvalue weighted by Gasteiger charge is 2.32. The number of nitrogens with zero attached hydrogens (tertiary/aromatic N) is 2. The van der Waals surface area contributed by atoms with Crippen molar-refractivity contribution in [3.05, 3.63) is 17.5 Å². The van der Waals surface area contributed by atoms with E-state index in [1.54, 1.807) is 11.8 Å². The summed E-state index contributed by atoms with van der Waals surface area (Å²) in [4.78, 5) is 8.97. The van der Waals surface area contributed by atoms with Gasteiger partial charge in [0.1, 0.15) is 0 Å². The van der Waals surface area contributed by atoms with Crippen LogP contribution in [0.2, 0.25) is 0 Å². The van der Waals surface area contributed by atoms with Crippen molar-refractivity contribution in [2.24, 2.45) is 5.41 Å². The van der Waals surface area contributed by atoms with Gasteiger partial charge in [0, 0.05) is 17.1 Å². The number of rotatable bonds is 4. The molecule has 0 saturated heterocycles. The predicted molar refractivity (Wildman–Crippen MR) is 77.0 cm³/mol. The Bertz CT molecular complexity index is 367. The monoisotopic (exact) mass is 268 g/mol. The van der Waals surface area contributed by atoms with Crippen LogP contribution in [0.4, 0.5) is 0 Å². The third kappa shape index (κ3) is 3.38. The van der Waals surface area contributed by atoms with E-state index in [4.69, 9.17) is 0 Å². The van der Waals surface area contributed by atoms with Crippen LogP contribution in [-0.2, 0) is 0 Å². The van der Waals surface area contributed by atoms with Crippen molar-refractivity contribution in [1.29, 1.82) is 0 Å². The smallest absolute Gasteiger partial charge is 0.187 e. The summed E-state index contributed by atoms with van der Waals surface area (Å²) in [6, 6.07) is 2.02. The van der Waals surface area contributed by atoms with Crippen molar-refractivity contribution in [2.45, 2.75) is 44.7 Å². The summed E-state index contributed by atoms with van der Waals surface area (Å²) in [6.07, 6.45) is 5.34. The van der Waals surface area contributed by atoms with Gasteiger partial charge in [-0.25, -0.2) is 9.97 Å². The highest BCUT2D eigenvalue weighted by atomic mass is 32.2. The minimum absolute atomic E-state index is 0.425. The molecule has 1 aliphatic rings. The Morgan fingerprint density at radius 3 is 2.35 bits per heavy atom. The average molecular weight is 268 g/mol. The Balaban J connectivity index is 2.01. The van der Waals surface area contributed by atoms with Gasteiger partial charge in [-0.2, -0.15) is 12.6 Å². The van der Waals surface area contributed by atoms with Gasteiger partial charge < -0.3 is 0 Å². The SMILES string of the molecule is Cc1cc(C)nc(SCC2(CS)CCCC2)n1. The van der Waals surface area contributed by atoms with Crippen LogP contribution in [0.25, 0.3) is 0 Å². The third-order valence-corrected chi connectivity index (χ3v) is 5.34. The normalized spacial score (nSPS) is 18.5. The molecule has 1 aromatic heterocycles. The summed E-state index contributed by atoms with van der Waals surface area (Å²) in [7, 11) is 0. The van der Waals surface area contributed by atoms with Gasteiger partial charge in [-0.1, -0.05) is 24.6 Å². The summed E-state index contributed by atoms with van der Waals surface area (Å²) < 4.78 is 0. The van der Waals surface area contributed by atoms with Gasteiger partial charge in [0.25, 0.3) is 0 Å². The predicted octanol–water partition coefficient (Wildman–Crippen LogP) is 3.68. The van der Waals surface area contributed by atoms with E-state index in [1.165, 1.54) is 25.7 Å². The van der Waals surface area contributed by atoms with Gasteiger partial charge >= 0.3 is 0 Å². The highest BCUT2D eigenvalue weighted by Crippen LogP contribution is 2.42. The fourth-order valence-electron chi connectivity index (χ4n) is 2.45. The van der Waals surface area contributed by atoms with Crippen LogP contribution in [-0.4, -0.2) is 21.5 Å². The maximum absolute atomic E-state index is 4.53. The number of thiol groups is 1. The Morgan fingerprint density at radius 2 is 1.82 bits per heavy atom. The molecule has 0 atom stereocenters. The van der Waals surface area contributed by atoms with E-state index in [2.05, 4.69) is 22.6 Å². The molecule has 2 rings (SSSR count). The molecule has 17 heavy (non-hydrogen) atoms. The molecule has 1 aliphatic carbocycles.